The zero-order valence-electron chi connectivity index (χ0n) is 10.00. The zero-order chi connectivity index (χ0) is 13.7. The molecule has 2 nitrogen and oxygen atoms in total. The maximum Gasteiger partial charge on any atom is 0.141 e. The molecule has 0 fully saturated rings. The van der Waals surface area contributed by atoms with Crippen LogP contribution in [0.4, 0.5) is 10.1 Å². The van der Waals surface area contributed by atoms with E-state index in [1.54, 1.807) is 12.1 Å². The lowest BCUT2D eigenvalue weighted by Crippen LogP contribution is -2.11. The lowest BCUT2D eigenvalue weighted by molar-refractivity contribution is 0.332. The first-order valence-corrected chi connectivity index (χ1v) is 6.89. The van der Waals surface area contributed by atoms with E-state index in [9.17, 15) is 4.39 Å². The summed E-state index contributed by atoms with van der Waals surface area (Å²) in [6.07, 6.45) is 0. The Morgan fingerprint density at radius 2 is 2.05 bits per heavy atom. The van der Waals surface area contributed by atoms with Gasteiger partial charge in [0.15, 0.2) is 0 Å². The fourth-order valence-corrected chi connectivity index (χ4v) is 2.09. The van der Waals surface area contributed by atoms with Gasteiger partial charge in [-0.2, -0.15) is 0 Å². The molecule has 0 radical (unpaired) electrons. The van der Waals surface area contributed by atoms with Gasteiger partial charge in [0.2, 0.25) is 0 Å². The molecule has 0 atom stereocenters. The van der Waals surface area contributed by atoms with Crippen LogP contribution in [0.15, 0.2) is 46.9 Å². The molecule has 100 valence electrons. The van der Waals surface area contributed by atoms with E-state index in [0.717, 1.165) is 15.9 Å². The maximum absolute atomic E-state index is 13.0. The average molecular weight is 345 g/mol. The van der Waals surface area contributed by atoms with Gasteiger partial charge in [0, 0.05) is 16.7 Å². The fraction of sp³-hybridized carbons (Fsp3) is 0.143. The van der Waals surface area contributed by atoms with Crippen molar-refractivity contribution in [1.82, 2.24) is 0 Å². The number of hydrogen-bond acceptors (Lipinski definition) is 2. The molecule has 0 saturated carbocycles. The minimum atomic E-state index is -0.419. The molecule has 0 heterocycles. The highest BCUT2D eigenvalue weighted by molar-refractivity contribution is 9.10. The van der Waals surface area contributed by atoms with Crippen molar-refractivity contribution in [2.75, 3.05) is 18.5 Å². The van der Waals surface area contributed by atoms with Crippen LogP contribution in [0.1, 0.15) is 0 Å². The molecule has 0 amide bonds. The number of halogens is 3. The normalized spacial score (nSPS) is 10.3. The number of benzene rings is 2. The summed E-state index contributed by atoms with van der Waals surface area (Å²) in [5.74, 6) is 0.380. The zero-order valence-corrected chi connectivity index (χ0v) is 12.3. The quantitative estimate of drug-likeness (QED) is 0.792. The SMILES string of the molecule is Fc1ccc(NCCOc2cccc(Br)c2)cc1Cl. The van der Waals surface area contributed by atoms with Crippen molar-refractivity contribution in [3.8, 4) is 5.75 Å². The van der Waals surface area contributed by atoms with Crippen LogP contribution in [-0.4, -0.2) is 13.2 Å². The number of anilines is 1. The minimum Gasteiger partial charge on any atom is -0.492 e. The van der Waals surface area contributed by atoms with Crippen LogP contribution < -0.4 is 10.1 Å². The summed E-state index contributed by atoms with van der Waals surface area (Å²) in [7, 11) is 0. The van der Waals surface area contributed by atoms with Gasteiger partial charge in [-0.1, -0.05) is 33.6 Å². The molecule has 0 aliphatic rings. The molecule has 5 heteroatoms. The standard InChI is InChI=1S/C14H12BrClFNO/c15-10-2-1-3-12(8-10)19-7-6-18-11-4-5-14(17)13(16)9-11/h1-5,8-9,18H,6-7H2. The molecular formula is C14H12BrClFNO. The maximum atomic E-state index is 13.0. The Bertz CT molecular complexity index is 565. The van der Waals surface area contributed by atoms with E-state index < -0.39 is 5.82 Å². The Labute approximate surface area is 124 Å². The van der Waals surface area contributed by atoms with Crippen molar-refractivity contribution >= 4 is 33.2 Å². The summed E-state index contributed by atoms with van der Waals surface area (Å²) in [6, 6.07) is 12.2. The molecule has 0 saturated heterocycles. The van der Waals surface area contributed by atoms with E-state index in [-0.39, 0.29) is 5.02 Å². The second-order valence-corrected chi connectivity index (χ2v) is 5.18. The number of ether oxygens (including phenoxy) is 1. The van der Waals surface area contributed by atoms with Crippen LogP contribution in [0.25, 0.3) is 0 Å². The highest BCUT2D eigenvalue weighted by Gasteiger charge is 2.00. The van der Waals surface area contributed by atoms with Crippen LogP contribution >= 0.6 is 27.5 Å². The van der Waals surface area contributed by atoms with Gasteiger partial charge in [0.1, 0.15) is 18.2 Å². The molecule has 0 aromatic heterocycles. The Hall–Kier alpha value is -1.26. The fourth-order valence-electron chi connectivity index (χ4n) is 1.53. The van der Waals surface area contributed by atoms with Crippen molar-refractivity contribution in [3.63, 3.8) is 0 Å². The van der Waals surface area contributed by atoms with Crippen LogP contribution in [0.2, 0.25) is 5.02 Å². The molecule has 2 aromatic carbocycles. The third-order valence-corrected chi connectivity index (χ3v) is 3.20. The summed E-state index contributed by atoms with van der Waals surface area (Å²) in [4.78, 5) is 0. The summed E-state index contributed by atoms with van der Waals surface area (Å²) in [6.45, 7) is 1.11. The van der Waals surface area contributed by atoms with Crippen LogP contribution in [0, 0.1) is 5.82 Å². The van der Waals surface area contributed by atoms with E-state index in [2.05, 4.69) is 21.2 Å². The van der Waals surface area contributed by atoms with Crippen molar-refractivity contribution in [2.45, 2.75) is 0 Å². The monoisotopic (exact) mass is 343 g/mol. The Morgan fingerprint density at radius 1 is 1.21 bits per heavy atom. The molecule has 19 heavy (non-hydrogen) atoms. The van der Waals surface area contributed by atoms with Crippen molar-refractivity contribution in [3.05, 3.63) is 57.8 Å². The highest BCUT2D eigenvalue weighted by Crippen LogP contribution is 2.19. The molecule has 0 aliphatic carbocycles. The predicted molar refractivity (Wildman–Crippen MR) is 79.5 cm³/mol. The van der Waals surface area contributed by atoms with Gasteiger partial charge < -0.3 is 10.1 Å². The van der Waals surface area contributed by atoms with Gasteiger partial charge in [-0.25, -0.2) is 4.39 Å². The Morgan fingerprint density at radius 3 is 2.79 bits per heavy atom. The minimum absolute atomic E-state index is 0.109. The molecule has 1 N–H and O–H groups in total. The molecule has 2 rings (SSSR count). The van der Waals surface area contributed by atoms with E-state index in [0.29, 0.717) is 13.2 Å². The summed E-state index contributed by atoms with van der Waals surface area (Å²) in [5, 5.41) is 3.22. The third-order valence-electron chi connectivity index (χ3n) is 2.42. The second kappa shape index (κ2) is 6.78. The van der Waals surface area contributed by atoms with E-state index in [4.69, 9.17) is 16.3 Å². The van der Waals surface area contributed by atoms with Gasteiger partial charge in [-0.15, -0.1) is 0 Å². The smallest absolute Gasteiger partial charge is 0.141 e. The van der Waals surface area contributed by atoms with Gasteiger partial charge in [0.25, 0.3) is 0 Å². The van der Waals surface area contributed by atoms with Crippen molar-refractivity contribution in [2.24, 2.45) is 0 Å². The van der Waals surface area contributed by atoms with E-state index >= 15 is 0 Å². The summed E-state index contributed by atoms with van der Waals surface area (Å²) in [5.41, 5.74) is 0.768. The van der Waals surface area contributed by atoms with E-state index in [1.165, 1.54) is 6.07 Å². The lowest BCUT2D eigenvalue weighted by Gasteiger charge is -2.09. The van der Waals surface area contributed by atoms with Gasteiger partial charge in [-0.3, -0.25) is 0 Å². The largest absolute Gasteiger partial charge is 0.492 e. The van der Waals surface area contributed by atoms with Crippen LogP contribution in [-0.2, 0) is 0 Å². The highest BCUT2D eigenvalue weighted by atomic mass is 79.9. The average Bonchev–Trinajstić information content (AvgIpc) is 2.39. The number of hydrogen-bond donors (Lipinski definition) is 1. The first-order valence-electron chi connectivity index (χ1n) is 5.72. The van der Waals surface area contributed by atoms with Gasteiger partial charge in [-0.05, 0) is 36.4 Å². The first-order chi connectivity index (χ1) is 9.15. The number of nitrogens with one attached hydrogen (secondary N) is 1. The molecule has 0 aliphatic heterocycles. The first kappa shape index (κ1) is 14.2. The predicted octanol–water partition coefficient (Wildman–Crippen LogP) is 4.73. The molecule has 0 spiro atoms. The third kappa shape index (κ3) is 4.40. The second-order valence-electron chi connectivity index (χ2n) is 3.86. The summed E-state index contributed by atoms with van der Waals surface area (Å²) < 4.78 is 19.5. The molecule has 0 unspecified atom stereocenters. The Kier molecular flexibility index (Phi) is 5.05. The van der Waals surface area contributed by atoms with Crippen molar-refractivity contribution in [1.29, 1.82) is 0 Å². The van der Waals surface area contributed by atoms with Gasteiger partial charge >= 0.3 is 0 Å². The lowest BCUT2D eigenvalue weighted by atomic mass is 10.3. The van der Waals surface area contributed by atoms with Crippen LogP contribution in [0.3, 0.4) is 0 Å². The topological polar surface area (TPSA) is 21.3 Å². The van der Waals surface area contributed by atoms with Crippen LogP contribution in [0.5, 0.6) is 5.75 Å². The Balaban J connectivity index is 1.79. The molecule has 0 bridgehead atoms. The molecular weight excluding hydrogens is 333 g/mol. The summed E-state index contributed by atoms with van der Waals surface area (Å²) >= 11 is 9.07. The van der Waals surface area contributed by atoms with Gasteiger partial charge in [0.05, 0.1) is 5.02 Å². The molecule has 2 aromatic rings. The number of rotatable bonds is 5. The van der Waals surface area contributed by atoms with E-state index in [1.807, 2.05) is 24.3 Å². The van der Waals surface area contributed by atoms with Crippen molar-refractivity contribution < 1.29 is 9.13 Å².